The molecule has 4 aromatic rings. The second kappa shape index (κ2) is 7.76. The van der Waals surface area contributed by atoms with Gasteiger partial charge in [-0.15, -0.1) is 0 Å². The number of carbonyl (C=O) groups excluding carboxylic acids is 1. The maximum atomic E-state index is 13.1. The number of pyridine rings is 1. The molecule has 1 aliphatic heterocycles. The zero-order valence-electron chi connectivity index (χ0n) is 16.9. The van der Waals surface area contributed by atoms with Gasteiger partial charge in [0.05, 0.1) is 18.7 Å². The fraction of sp³-hybridized carbons (Fsp3) is 0.261. The molecule has 7 nitrogen and oxygen atoms in total. The van der Waals surface area contributed by atoms with Crippen molar-refractivity contribution in [2.75, 3.05) is 26.3 Å². The van der Waals surface area contributed by atoms with E-state index in [9.17, 15) is 4.79 Å². The van der Waals surface area contributed by atoms with Crippen LogP contribution in [0.25, 0.3) is 17.0 Å². The number of aryl methyl sites for hydroxylation is 1. The molecule has 1 fully saturated rings. The summed E-state index contributed by atoms with van der Waals surface area (Å²) < 4.78 is 9.44. The third-order valence-corrected chi connectivity index (χ3v) is 5.45. The molecular formula is C23H23N5O2. The van der Waals surface area contributed by atoms with E-state index in [1.165, 1.54) is 5.56 Å². The molecule has 1 aliphatic rings. The molecule has 0 bridgehead atoms. The van der Waals surface area contributed by atoms with Crippen molar-refractivity contribution in [1.82, 2.24) is 23.8 Å². The minimum absolute atomic E-state index is 0.0614. The van der Waals surface area contributed by atoms with Crippen LogP contribution in [0, 0.1) is 6.92 Å². The Balaban J connectivity index is 1.53. The van der Waals surface area contributed by atoms with Crippen molar-refractivity contribution in [3.05, 3.63) is 78.0 Å². The highest BCUT2D eigenvalue weighted by Crippen LogP contribution is 2.24. The van der Waals surface area contributed by atoms with E-state index in [1.807, 2.05) is 65.0 Å². The van der Waals surface area contributed by atoms with Crippen molar-refractivity contribution in [2.45, 2.75) is 13.5 Å². The van der Waals surface area contributed by atoms with Gasteiger partial charge in [-0.3, -0.25) is 9.20 Å². The van der Waals surface area contributed by atoms with Crippen molar-refractivity contribution in [3.63, 3.8) is 0 Å². The second-order valence-corrected chi connectivity index (χ2v) is 7.43. The highest BCUT2D eigenvalue weighted by atomic mass is 16.5. The van der Waals surface area contributed by atoms with Crippen molar-refractivity contribution in [3.8, 4) is 11.5 Å². The summed E-state index contributed by atoms with van der Waals surface area (Å²) >= 11 is 0. The molecular weight excluding hydrogens is 378 g/mol. The minimum atomic E-state index is -0.0614. The Kier molecular flexibility index (Phi) is 4.80. The zero-order valence-corrected chi connectivity index (χ0v) is 16.9. The van der Waals surface area contributed by atoms with Gasteiger partial charge in [-0.05, 0) is 24.6 Å². The average molecular weight is 401 g/mol. The van der Waals surface area contributed by atoms with Gasteiger partial charge in [0.1, 0.15) is 11.5 Å². The predicted octanol–water partition coefficient (Wildman–Crippen LogP) is 3.03. The third kappa shape index (κ3) is 3.37. The van der Waals surface area contributed by atoms with E-state index in [4.69, 9.17) is 14.7 Å². The van der Waals surface area contributed by atoms with Crippen LogP contribution in [-0.4, -0.2) is 56.0 Å². The number of ether oxygens (including phenoxy) is 1. The first-order valence-corrected chi connectivity index (χ1v) is 10.1. The number of imidazole rings is 2. The van der Waals surface area contributed by atoms with Crippen molar-refractivity contribution >= 4 is 11.4 Å². The van der Waals surface area contributed by atoms with Crippen LogP contribution >= 0.6 is 0 Å². The molecule has 1 aromatic carbocycles. The summed E-state index contributed by atoms with van der Waals surface area (Å²) in [5.74, 6) is 1.52. The molecule has 0 aliphatic carbocycles. The minimum Gasteiger partial charge on any atom is -0.378 e. The van der Waals surface area contributed by atoms with E-state index < -0.39 is 0 Å². The number of morpholine rings is 1. The monoisotopic (exact) mass is 401 g/mol. The Hall–Kier alpha value is -3.45. The summed E-state index contributed by atoms with van der Waals surface area (Å²) in [7, 11) is 0. The van der Waals surface area contributed by atoms with Crippen LogP contribution in [-0.2, 0) is 11.3 Å². The van der Waals surface area contributed by atoms with Gasteiger partial charge in [-0.25, -0.2) is 9.97 Å². The number of benzene rings is 1. The molecule has 0 saturated carbocycles. The Bertz CT molecular complexity index is 1190. The molecule has 1 saturated heterocycles. The fourth-order valence-electron chi connectivity index (χ4n) is 3.85. The van der Waals surface area contributed by atoms with Crippen LogP contribution in [0.2, 0.25) is 0 Å². The first-order chi connectivity index (χ1) is 14.7. The Morgan fingerprint density at radius 3 is 2.60 bits per heavy atom. The average Bonchev–Trinajstić information content (AvgIpc) is 3.35. The van der Waals surface area contributed by atoms with Crippen LogP contribution in [0.5, 0.6) is 0 Å². The van der Waals surface area contributed by atoms with Crippen LogP contribution in [0.15, 0.2) is 60.9 Å². The van der Waals surface area contributed by atoms with Crippen LogP contribution in [0.1, 0.15) is 21.9 Å². The van der Waals surface area contributed by atoms with Gasteiger partial charge in [0, 0.05) is 32.0 Å². The summed E-state index contributed by atoms with van der Waals surface area (Å²) in [4.78, 5) is 24.4. The summed E-state index contributed by atoms with van der Waals surface area (Å²) in [6.45, 7) is 5.03. The van der Waals surface area contributed by atoms with Gasteiger partial charge in [-0.2, -0.15) is 0 Å². The molecule has 5 rings (SSSR count). The fourth-order valence-corrected chi connectivity index (χ4v) is 3.85. The smallest absolute Gasteiger partial charge is 0.274 e. The third-order valence-electron chi connectivity index (χ3n) is 5.45. The number of hydrogen-bond acceptors (Lipinski definition) is 4. The maximum Gasteiger partial charge on any atom is 0.274 e. The van der Waals surface area contributed by atoms with E-state index >= 15 is 0 Å². The van der Waals surface area contributed by atoms with Crippen LogP contribution < -0.4 is 0 Å². The molecule has 4 heterocycles. The highest BCUT2D eigenvalue weighted by molar-refractivity contribution is 6.00. The lowest BCUT2D eigenvalue weighted by Gasteiger charge is -2.26. The molecule has 30 heavy (non-hydrogen) atoms. The number of aromatic nitrogens is 4. The Morgan fingerprint density at radius 1 is 1.03 bits per heavy atom. The lowest BCUT2D eigenvalue weighted by molar-refractivity contribution is 0.0301. The molecule has 7 heteroatoms. The van der Waals surface area contributed by atoms with Gasteiger partial charge < -0.3 is 14.2 Å². The molecule has 152 valence electrons. The van der Waals surface area contributed by atoms with Crippen molar-refractivity contribution < 1.29 is 9.53 Å². The molecule has 3 aromatic heterocycles. The topological polar surface area (TPSA) is 64.7 Å². The number of amides is 1. The molecule has 0 spiro atoms. The summed E-state index contributed by atoms with van der Waals surface area (Å²) in [6, 6.07) is 16.1. The van der Waals surface area contributed by atoms with E-state index in [-0.39, 0.29) is 5.91 Å². The molecule has 0 N–H and O–H groups in total. The zero-order chi connectivity index (χ0) is 20.5. The van der Waals surface area contributed by atoms with Crippen LogP contribution in [0.4, 0.5) is 0 Å². The van der Waals surface area contributed by atoms with E-state index in [1.54, 1.807) is 0 Å². The summed E-state index contributed by atoms with van der Waals surface area (Å²) in [5, 5.41) is 0. The summed E-state index contributed by atoms with van der Waals surface area (Å²) in [6.07, 6.45) is 3.94. The standard InChI is InChI=1S/C23H23N5O2/c1-17-24-19(16-27(17)15-18-7-3-2-4-8-18)22-25-21(20-9-5-6-10-28(20)22)23(29)26-11-13-30-14-12-26/h2-10,16H,11-15H2,1H3. The predicted molar refractivity (Wildman–Crippen MR) is 113 cm³/mol. The SMILES string of the molecule is Cc1nc(-c2nc(C(=O)N3CCOCC3)c3ccccn23)cn1Cc1ccccc1. The highest BCUT2D eigenvalue weighted by Gasteiger charge is 2.25. The van der Waals surface area contributed by atoms with E-state index in [2.05, 4.69) is 16.7 Å². The van der Waals surface area contributed by atoms with Gasteiger partial charge >= 0.3 is 0 Å². The Labute approximate surface area is 174 Å². The quantitative estimate of drug-likeness (QED) is 0.527. The lowest BCUT2D eigenvalue weighted by Crippen LogP contribution is -2.40. The first-order valence-electron chi connectivity index (χ1n) is 10.1. The normalized spacial score (nSPS) is 14.4. The molecule has 1 amide bonds. The number of carbonyl (C=O) groups is 1. The van der Waals surface area contributed by atoms with E-state index in [0.29, 0.717) is 37.8 Å². The van der Waals surface area contributed by atoms with Gasteiger partial charge in [0.25, 0.3) is 5.91 Å². The number of nitrogens with zero attached hydrogens (tertiary/aromatic N) is 5. The number of hydrogen-bond donors (Lipinski definition) is 0. The Morgan fingerprint density at radius 2 is 1.80 bits per heavy atom. The van der Waals surface area contributed by atoms with Crippen LogP contribution in [0.3, 0.4) is 0 Å². The van der Waals surface area contributed by atoms with Gasteiger partial charge in [-0.1, -0.05) is 36.4 Å². The largest absolute Gasteiger partial charge is 0.378 e. The number of rotatable bonds is 4. The maximum absolute atomic E-state index is 13.1. The first kappa shape index (κ1) is 18.6. The molecule has 0 unspecified atom stereocenters. The number of fused-ring (bicyclic) bond motifs is 1. The van der Waals surface area contributed by atoms with Crippen molar-refractivity contribution in [1.29, 1.82) is 0 Å². The van der Waals surface area contributed by atoms with Gasteiger partial charge in [0.15, 0.2) is 11.5 Å². The molecule has 0 radical (unpaired) electrons. The van der Waals surface area contributed by atoms with E-state index in [0.717, 1.165) is 23.6 Å². The van der Waals surface area contributed by atoms with Crippen molar-refractivity contribution in [2.24, 2.45) is 0 Å². The lowest BCUT2D eigenvalue weighted by atomic mass is 10.2. The molecule has 0 atom stereocenters. The summed E-state index contributed by atoms with van der Waals surface area (Å²) in [5.41, 5.74) is 3.22. The van der Waals surface area contributed by atoms with Gasteiger partial charge in [0.2, 0.25) is 0 Å². The second-order valence-electron chi connectivity index (χ2n) is 7.43.